The lowest BCUT2D eigenvalue weighted by molar-refractivity contribution is -0.00325. The second-order valence-electron chi connectivity index (χ2n) is 5.27. The summed E-state index contributed by atoms with van der Waals surface area (Å²) in [5.74, 6) is 1.50. The van der Waals surface area contributed by atoms with Crippen LogP contribution in [0.15, 0.2) is 0 Å². The van der Waals surface area contributed by atoms with E-state index in [0.29, 0.717) is 6.10 Å². The van der Waals surface area contributed by atoms with E-state index in [0.717, 1.165) is 31.5 Å². The summed E-state index contributed by atoms with van der Waals surface area (Å²) in [7, 11) is 0. The zero-order chi connectivity index (χ0) is 11.1. The fraction of sp³-hybridized carbons (Fsp3) is 1.00. The lowest BCUT2D eigenvalue weighted by Gasteiger charge is -2.28. The summed E-state index contributed by atoms with van der Waals surface area (Å²) < 4.78 is 5.91. The molecule has 15 heavy (non-hydrogen) atoms. The van der Waals surface area contributed by atoms with Crippen molar-refractivity contribution in [3.63, 3.8) is 0 Å². The molecule has 0 aromatic rings. The molecule has 1 saturated carbocycles. The second kappa shape index (κ2) is 7.24. The van der Waals surface area contributed by atoms with Crippen LogP contribution in [0.3, 0.4) is 0 Å². The van der Waals surface area contributed by atoms with Gasteiger partial charge in [0.1, 0.15) is 0 Å². The van der Waals surface area contributed by atoms with Crippen molar-refractivity contribution in [1.29, 1.82) is 0 Å². The summed E-state index contributed by atoms with van der Waals surface area (Å²) >= 11 is 0. The highest BCUT2D eigenvalue weighted by Crippen LogP contribution is 2.25. The number of nitrogens with one attached hydrogen (secondary N) is 1. The maximum absolute atomic E-state index is 5.91. The van der Waals surface area contributed by atoms with Gasteiger partial charge in [0.05, 0.1) is 12.7 Å². The molecule has 1 rings (SSSR count). The van der Waals surface area contributed by atoms with Gasteiger partial charge in [0.25, 0.3) is 0 Å². The van der Waals surface area contributed by atoms with Crippen molar-refractivity contribution in [1.82, 2.24) is 5.32 Å². The Bertz CT molecular complexity index is 159. The number of hydrogen-bond donors (Lipinski definition) is 1. The van der Waals surface area contributed by atoms with Gasteiger partial charge in [0.15, 0.2) is 0 Å². The summed E-state index contributed by atoms with van der Waals surface area (Å²) in [4.78, 5) is 0. The number of ether oxygens (including phenoxy) is 1. The van der Waals surface area contributed by atoms with Gasteiger partial charge in [-0.25, -0.2) is 0 Å². The first-order valence-electron chi connectivity index (χ1n) is 6.52. The van der Waals surface area contributed by atoms with Gasteiger partial charge in [-0.2, -0.15) is 0 Å². The summed E-state index contributed by atoms with van der Waals surface area (Å²) in [5, 5.41) is 3.41. The molecule has 90 valence electrons. The molecule has 0 aromatic heterocycles. The Balaban J connectivity index is 1.99. The van der Waals surface area contributed by atoms with E-state index in [1.54, 1.807) is 0 Å². The molecule has 0 saturated heterocycles. The minimum Gasteiger partial charge on any atom is -0.377 e. The Kier molecular flexibility index (Phi) is 6.26. The maximum atomic E-state index is 5.91. The van der Waals surface area contributed by atoms with Crippen LogP contribution >= 0.6 is 0 Å². The first-order valence-corrected chi connectivity index (χ1v) is 6.52. The van der Waals surface area contributed by atoms with Crippen molar-refractivity contribution in [2.75, 3.05) is 19.7 Å². The Morgan fingerprint density at radius 1 is 1.27 bits per heavy atom. The highest BCUT2D eigenvalue weighted by molar-refractivity contribution is 4.72. The number of hydrogen-bond acceptors (Lipinski definition) is 2. The zero-order valence-corrected chi connectivity index (χ0v) is 10.6. The highest BCUT2D eigenvalue weighted by Gasteiger charge is 2.21. The van der Waals surface area contributed by atoms with Gasteiger partial charge in [-0.15, -0.1) is 0 Å². The topological polar surface area (TPSA) is 21.3 Å². The molecule has 1 fully saturated rings. The van der Waals surface area contributed by atoms with Crippen molar-refractivity contribution in [3.8, 4) is 0 Å². The van der Waals surface area contributed by atoms with Crippen LogP contribution < -0.4 is 5.32 Å². The molecule has 0 bridgehead atoms. The van der Waals surface area contributed by atoms with E-state index in [1.165, 1.54) is 25.7 Å². The lowest BCUT2D eigenvalue weighted by Crippen LogP contribution is -2.30. The molecule has 1 N–H and O–H groups in total. The van der Waals surface area contributed by atoms with Gasteiger partial charge in [-0.05, 0) is 31.2 Å². The van der Waals surface area contributed by atoms with E-state index in [2.05, 4.69) is 26.1 Å². The molecule has 0 radical (unpaired) electrons. The monoisotopic (exact) mass is 213 g/mol. The molecule has 0 spiro atoms. The molecule has 0 amide bonds. The summed E-state index contributed by atoms with van der Waals surface area (Å²) in [6.07, 6.45) is 5.90. The second-order valence-corrected chi connectivity index (χ2v) is 5.27. The standard InChI is InChI=1S/C13H27NO/c1-11(2)10-14-8-9-15-13-7-5-4-6-12(13)3/h11-14H,4-10H2,1-3H3. The van der Waals surface area contributed by atoms with E-state index >= 15 is 0 Å². The van der Waals surface area contributed by atoms with Crippen LogP contribution in [0.2, 0.25) is 0 Å². The third kappa shape index (κ3) is 5.53. The first kappa shape index (κ1) is 13.0. The molecule has 0 aliphatic heterocycles. The largest absolute Gasteiger partial charge is 0.377 e. The van der Waals surface area contributed by atoms with Gasteiger partial charge < -0.3 is 10.1 Å². The van der Waals surface area contributed by atoms with Gasteiger partial charge in [0, 0.05) is 6.54 Å². The maximum Gasteiger partial charge on any atom is 0.0601 e. The van der Waals surface area contributed by atoms with E-state index < -0.39 is 0 Å². The third-order valence-electron chi connectivity index (χ3n) is 3.20. The molecule has 2 unspecified atom stereocenters. The molecule has 2 atom stereocenters. The molecule has 1 aliphatic carbocycles. The first-order chi connectivity index (χ1) is 7.20. The van der Waals surface area contributed by atoms with E-state index in [-0.39, 0.29) is 0 Å². The normalized spacial score (nSPS) is 27.2. The third-order valence-corrected chi connectivity index (χ3v) is 3.20. The summed E-state index contributed by atoms with van der Waals surface area (Å²) in [6, 6.07) is 0. The minimum absolute atomic E-state index is 0.527. The minimum atomic E-state index is 0.527. The van der Waals surface area contributed by atoms with Crippen molar-refractivity contribution >= 4 is 0 Å². The molecule has 1 aliphatic rings. The highest BCUT2D eigenvalue weighted by atomic mass is 16.5. The smallest absolute Gasteiger partial charge is 0.0601 e. The average Bonchev–Trinajstić information content (AvgIpc) is 2.20. The van der Waals surface area contributed by atoms with Crippen LogP contribution in [-0.2, 0) is 4.74 Å². The molecule has 2 nitrogen and oxygen atoms in total. The van der Waals surface area contributed by atoms with Crippen LogP contribution in [0.25, 0.3) is 0 Å². The fourth-order valence-electron chi connectivity index (χ4n) is 2.20. The van der Waals surface area contributed by atoms with Gasteiger partial charge in [-0.3, -0.25) is 0 Å². The zero-order valence-electron chi connectivity index (χ0n) is 10.6. The molecular weight excluding hydrogens is 186 g/mol. The number of rotatable bonds is 6. The van der Waals surface area contributed by atoms with E-state index in [9.17, 15) is 0 Å². The summed E-state index contributed by atoms with van der Waals surface area (Å²) in [5.41, 5.74) is 0. The Labute approximate surface area is 94.8 Å². The lowest BCUT2D eigenvalue weighted by atomic mass is 9.88. The predicted molar refractivity (Wildman–Crippen MR) is 65.1 cm³/mol. The Morgan fingerprint density at radius 2 is 2.00 bits per heavy atom. The van der Waals surface area contributed by atoms with Crippen molar-refractivity contribution in [2.24, 2.45) is 11.8 Å². The van der Waals surface area contributed by atoms with Crippen LogP contribution in [-0.4, -0.2) is 25.8 Å². The van der Waals surface area contributed by atoms with Crippen molar-refractivity contribution in [3.05, 3.63) is 0 Å². The summed E-state index contributed by atoms with van der Waals surface area (Å²) in [6.45, 7) is 9.77. The molecule has 0 aromatic carbocycles. The Morgan fingerprint density at radius 3 is 2.67 bits per heavy atom. The van der Waals surface area contributed by atoms with E-state index in [4.69, 9.17) is 4.74 Å². The Hall–Kier alpha value is -0.0800. The van der Waals surface area contributed by atoms with Gasteiger partial charge in [0.2, 0.25) is 0 Å². The predicted octanol–water partition coefficient (Wildman–Crippen LogP) is 2.83. The van der Waals surface area contributed by atoms with Crippen LogP contribution in [0.5, 0.6) is 0 Å². The van der Waals surface area contributed by atoms with Crippen LogP contribution in [0.1, 0.15) is 46.5 Å². The molecule has 2 heteroatoms. The average molecular weight is 213 g/mol. The quantitative estimate of drug-likeness (QED) is 0.685. The SMILES string of the molecule is CC(C)CNCCOC1CCCCC1C. The van der Waals surface area contributed by atoms with E-state index in [1.807, 2.05) is 0 Å². The van der Waals surface area contributed by atoms with Gasteiger partial charge >= 0.3 is 0 Å². The molecule has 0 heterocycles. The van der Waals surface area contributed by atoms with Crippen molar-refractivity contribution < 1.29 is 4.74 Å². The van der Waals surface area contributed by atoms with Crippen molar-refractivity contribution in [2.45, 2.75) is 52.6 Å². The van der Waals surface area contributed by atoms with Gasteiger partial charge in [-0.1, -0.05) is 33.6 Å². The molecular formula is C13H27NO. The van der Waals surface area contributed by atoms with Crippen LogP contribution in [0.4, 0.5) is 0 Å². The van der Waals surface area contributed by atoms with Crippen LogP contribution in [0, 0.1) is 11.8 Å². The fourth-order valence-corrected chi connectivity index (χ4v) is 2.20.